The monoisotopic (exact) mass is 246 g/mol. The van der Waals surface area contributed by atoms with Crippen LogP contribution in [-0.2, 0) is 19.2 Å². The number of nitrogens with two attached hydrogens (primary N) is 1. The minimum Gasteiger partial charge on any atom is -0.480 e. The van der Waals surface area contributed by atoms with Gasteiger partial charge in [0.15, 0.2) is 0 Å². The number of carbonyl (C=O) groups is 4. The summed E-state index contributed by atoms with van der Waals surface area (Å²) in [5, 5.41) is 26.2. The molecule has 1 amide bonds. The second-order valence-corrected chi connectivity index (χ2v) is 3.54. The summed E-state index contributed by atoms with van der Waals surface area (Å²) in [6.45, 7) is 0. The van der Waals surface area contributed by atoms with Gasteiger partial charge >= 0.3 is 17.9 Å². The predicted octanol–water partition coefficient (Wildman–Crippen LogP) is -2.46. The van der Waals surface area contributed by atoms with Gasteiger partial charge in [-0.05, 0) is 0 Å². The average Bonchev–Trinajstić information content (AvgIpc) is 2.87. The van der Waals surface area contributed by atoms with Crippen LogP contribution in [0.1, 0.15) is 6.42 Å². The first-order valence-electron chi connectivity index (χ1n) is 4.51. The first-order chi connectivity index (χ1) is 7.77. The van der Waals surface area contributed by atoms with Gasteiger partial charge in [-0.25, -0.2) is 0 Å². The first kappa shape index (κ1) is 12.9. The van der Waals surface area contributed by atoms with Crippen LogP contribution in [-0.4, -0.2) is 62.2 Å². The summed E-state index contributed by atoms with van der Waals surface area (Å²) in [6.07, 6.45) is -0.636. The highest BCUT2D eigenvalue weighted by atomic mass is 16.4. The van der Waals surface area contributed by atoms with E-state index < -0.39 is 48.4 Å². The maximum absolute atomic E-state index is 10.8. The molecule has 2 unspecified atom stereocenters. The Morgan fingerprint density at radius 1 is 1.06 bits per heavy atom. The molecule has 0 spiro atoms. The molecule has 1 fully saturated rings. The van der Waals surface area contributed by atoms with E-state index in [0.717, 1.165) is 4.90 Å². The maximum Gasteiger partial charge on any atom is 0.323 e. The largest absolute Gasteiger partial charge is 0.480 e. The molecular weight excluding hydrogens is 236 g/mol. The molecule has 1 saturated heterocycles. The van der Waals surface area contributed by atoms with Gasteiger partial charge in [-0.1, -0.05) is 0 Å². The highest BCUT2D eigenvalue weighted by Crippen LogP contribution is 2.33. The summed E-state index contributed by atoms with van der Waals surface area (Å²) in [5.74, 6) is -5.34. The Bertz CT molecular complexity index is 373. The number of carbonyl (C=O) groups excluding carboxylic acids is 1. The summed E-state index contributed by atoms with van der Waals surface area (Å²) in [5.41, 5.74) is 4.82. The van der Waals surface area contributed by atoms with E-state index in [0.29, 0.717) is 0 Å². The van der Waals surface area contributed by atoms with Crippen molar-refractivity contribution < 1.29 is 34.5 Å². The van der Waals surface area contributed by atoms with Crippen molar-refractivity contribution >= 4 is 23.8 Å². The van der Waals surface area contributed by atoms with Crippen LogP contribution < -0.4 is 5.73 Å². The van der Waals surface area contributed by atoms with E-state index in [9.17, 15) is 19.2 Å². The molecule has 0 aromatic carbocycles. The molecule has 0 aromatic heterocycles. The minimum absolute atomic E-state index is 0.636. The van der Waals surface area contributed by atoms with E-state index in [-0.39, 0.29) is 0 Å². The number of carboxylic acid groups (broad SMARTS) is 3. The Hall–Kier alpha value is -2.16. The fourth-order valence-corrected chi connectivity index (χ4v) is 1.67. The lowest BCUT2D eigenvalue weighted by molar-refractivity contribution is -0.144. The molecule has 0 bridgehead atoms. The molecule has 1 aliphatic rings. The number of aliphatic carboxylic acids is 3. The number of hydrogen-bond acceptors (Lipinski definition) is 5. The van der Waals surface area contributed by atoms with Crippen molar-refractivity contribution in [2.45, 2.75) is 24.5 Å². The summed E-state index contributed by atoms with van der Waals surface area (Å²) < 4.78 is 0. The van der Waals surface area contributed by atoms with Gasteiger partial charge in [-0.2, -0.15) is 0 Å². The molecule has 0 radical (unpaired) electrons. The number of carboxylic acids is 3. The van der Waals surface area contributed by atoms with Gasteiger partial charge < -0.3 is 21.1 Å². The van der Waals surface area contributed by atoms with Gasteiger partial charge in [-0.3, -0.25) is 24.1 Å². The SMILES string of the molecule is NC(=O)C[C@@H](C(=O)O)N1C(C(=O)O)C1C(=O)O. The molecule has 94 valence electrons. The van der Waals surface area contributed by atoms with Crippen molar-refractivity contribution in [2.75, 3.05) is 0 Å². The van der Waals surface area contributed by atoms with Crippen LogP contribution in [0.3, 0.4) is 0 Å². The standard InChI is InChI=1S/C8H10N2O7/c9-3(11)1-2(6(12)13)10-4(7(14)15)5(10)8(16)17/h2,4-5H,1H2,(H2,9,11)(H,12,13)(H,14,15)(H,16,17)/t2-,4?,5?,10?/m0/s1. The quantitative estimate of drug-likeness (QED) is 0.375. The summed E-state index contributed by atoms with van der Waals surface area (Å²) in [6, 6.07) is -4.41. The number of nitrogens with zero attached hydrogens (tertiary/aromatic N) is 1. The zero-order chi connectivity index (χ0) is 13.3. The molecule has 1 rings (SSSR count). The molecule has 0 aromatic rings. The van der Waals surface area contributed by atoms with Gasteiger partial charge in [0.05, 0.1) is 6.42 Å². The van der Waals surface area contributed by atoms with Gasteiger partial charge in [0.2, 0.25) is 5.91 Å². The van der Waals surface area contributed by atoms with Crippen LogP contribution in [0, 0.1) is 0 Å². The smallest absolute Gasteiger partial charge is 0.323 e. The molecule has 5 N–H and O–H groups in total. The Labute approximate surface area is 94.4 Å². The van der Waals surface area contributed by atoms with E-state index in [1.807, 2.05) is 0 Å². The molecule has 9 heteroatoms. The molecule has 0 saturated carbocycles. The van der Waals surface area contributed by atoms with Gasteiger partial charge in [-0.15, -0.1) is 0 Å². The van der Waals surface area contributed by atoms with E-state index >= 15 is 0 Å². The third-order valence-corrected chi connectivity index (χ3v) is 2.40. The van der Waals surface area contributed by atoms with E-state index in [2.05, 4.69) is 0 Å². The Morgan fingerprint density at radius 3 is 1.71 bits per heavy atom. The second-order valence-electron chi connectivity index (χ2n) is 3.54. The lowest BCUT2D eigenvalue weighted by atomic mass is 10.2. The van der Waals surface area contributed by atoms with Gasteiger partial charge in [0.25, 0.3) is 0 Å². The van der Waals surface area contributed by atoms with Crippen molar-refractivity contribution in [3.8, 4) is 0 Å². The molecule has 1 aliphatic heterocycles. The highest BCUT2D eigenvalue weighted by molar-refractivity contribution is 5.94. The highest BCUT2D eigenvalue weighted by Gasteiger charge is 2.62. The number of hydrogen-bond donors (Lipinski definition) is 4. The lowest BCUT2D eigenvalue weighted by Crippen LogP contribution is -2.36. The zero-order valence-corrected chi connectivity index (χ0v) is 8.44. The van der Waals surface area contributed by atoms with E-state index in [4.69, 9.17) is 21.1 Å². The van der Waals surface area contributed by atoms with E-state index in [1.54, 1.807) is 0 Å². The molecule has 3 atom stereocenters. The molecule has 9 nitrogen and oxygen atoms in total. The minimum atomic E-state index is -1.53. The third-order valence-electron chi connectivity index (χ3n) is 2.40. The van der Waals surface area contributed by atoms with Crippen LogP contribution in [0.5, 0.6) is 0 Å². The van der Waals surface area contributed by atoms with Crippen LogP contribution in [0.15, 0.2) is 0 Å². The third kappa shape index (κ3) is 2.50. The maximum atomic E-state index is 10.8. The average molecular weight is 246 g/mol. The van der Waals surface area contributed by atoms with Crippen molar-refractivity contribution in [3.05, 3.63) is 0 Å². The second kappa shape index (κ2) is 4.37. The number of primary amides is 1. The van der Waals surface area contributed by atoms with Crippen molar-refractivity contribution in [2.24, 2.45) is 5.73 Å². The van der Waals surface area contributed by atoms with E-state index in [1.165, 1.54) is 0 Å². The van der Waals surface area contributed by atoms with Crippen LogP contribution in [0.4, 0.5) is 0 Å². The van der Waals surface area contributed by atoms with Crippen LogP contribution >= 0.6 is 0 Å². The normalized spacial score (nSPS) is 28.1. The van der Waals surface area contributed by atoms with Crippen molar-refractivity contribution in [1.82, 2.24) is 4.90 Å². The summed E-state index contributed by atoms with van der Waals surface area (Å²) in [4.78, 5) is 43.5. The number of rotatable bonds is 6. The summed E-state index contributed by atoms with van der Waals surface area (Å²) in [7, 11) is 0. The topological polar surface area (TPSA) is 158 Å². The lowest BCUT2D eigenvalue weighted by Gasteiger charge is -2.11. The first-order valence-corrected chi connectivity index (χ1v) is 4.51. The molecule has 0 aliphatic carbocycles. The number of amides is 1. The Morgan fingerprint density at radius 2 is 1.47 bits per heavy atom. The van der Waals surface area contributed by atoms with Gasteiger partial charge in [0.1, 0.15) is 18.1 Å². The van der Waals surface area contributed by atoms with Crippen molar-refractivity contribution in [3.63, 3.8) is 0 Å². The zero-order valence-electron chi connectivity index (χ0n) is 8.44. The van der Waals surface area contributed by atoms with Crippen molar-refractivity contribution in [1.29, 1.82) is 0 Å². The van der Waals surface area contributed by atoms with Crippen LogP contribution in [0.25, 0.3) is 0 Å². The van der Waals surface area contributed by atoms with Crippen LogP contribution in [0.2, 0.25) is 0 Å². The van der Waals surface area contributed by atoms with Gasteiger partial charge in [0, 0.05) is 0 Å². The Balaban J connectivity index is 2.89. The fraction of sp³-hybridized carbons (Fsp3) is 0.500. The molecular formula is C8H10N2O7. The molecule has 17 heavy (non-hydrogen) atoms. The molecule has 1 heterocycles. The summed E-state index contributed by atoms with van der Waals surface area (Å²) >= 11 is 0. The fourth-order valence-electron chi connectivity index (χ4n) is 1.67. The Kier molecular flexibility index (Phi) is 3.32. The predicted molar refractivity (Wildman–Crippen MR) is 49.9 cm³/mol.